The average molecular weight is 205 g/mol. The highest BCUT2D eigenvalue weighted by Gasteiger charge is 2.11. The van der Waals surface area contributed by atoms with E-state index in [1.807, 2.05) is 19.2 Å². The van der Waals surface area contributed by atoms with Gasteiger partial charge < -0.3 is 9.30 Å². The van der Waals surface area contributed by atoms with Gasteiger partial charge in [0.15, 0.2) is 0 Å². The molecule has 0 aliphatic heterocycles. The molecule has 0 saturated carbocycles. The van der Waals surface area contributed by atoms with Crippen molar-refractivity contribution < 1.29 is 4.74 Å². The molecule has 0 fully saturated rings. The second-order valence-corrected chi connectivity index (χ2v) is 3.83. The van der Waals surface area contributed by atoms with Gasteiger partial charge in [0, 0.05) is 12.2 Å². The van der Waals surface area contributed by atoms with Crippen LogP contribution in [-0.2, 0) is 0 Å². The van der Waals surface area contributed by atoms with Gasteiger partial charge in [0.2, 0.25) is 5.88 Å². The molecule has 0 aliphatic carbocycles. The first-order valence-corrected chi connectivity index (χ1v) is 5.02. The van der Waals surface area contributed by atoms with Gasteiger partial charge in [0.1, 0.15) is 11.5 Å². The Hall–Kier alpha value is -1.58. The van der Waals surface area contributed by atoms with Gasteiger partial charge in [-0.2, -0.15) is 4.98 Å². The van der Waals surface area contributed by atoms with Crippen LogP contribution in [0.2, 0.25) is 0 Å². The molecular weight excluding hydrogens is 190 g/mol. The summed E-state index contributed by atoms with van der Waals surface area (Å²) >= 11 is 0. The number of methoxy groups -OCH3 is 1. The molecule has 0 saturated heterocycles. The highest BCUT2D eigenvalue weighted by molar-refractivity contribution is 5.81. The van der Waals surface area contributed by atoms with E-state index in [1.165, 1.54) is 0 Å². The van der Waals surface area contributed by atoms with Crippen molar-refractivity contribution in [2.75, 3.05) is 7.11 Å². The molecule has 0 atom stereocenters. The number of ether oxygens (including phenoxy) is 1. The Morgan fingerprint density at radius 1 is 1.33 bits per heavy atom. The van der Waals surface area contributed by atoms with E-state index < -0.39 is 0 Å². The maximum absolute atomic E-state index is 5.24. The Labute approximate surface area is 88.9 Å². The molecule has 0 spiro atoms. The lowest BCUT2D eigenvalue weighted by molar-refractivity contribution is 0.401. The molecule has 0 unspecified atom stereocenters. The van der Waals surface area contributed by atoms with E-state index in [-0.39, 0.29) is 0 Å². The zero-order valence-electron chi connectivity index (χ0n) is 9.48. The summed E-state index contributed by atoms with van der Waals surface area (Å²) < 4.78 is 7.35. The van der Waals surface area contributed by atoms with E-state index >= 15 is 0 Å². The van der Waals surface area contributed by atoms with Crippen molar-refractivity contribution in [2.45, 2.75) is 26.8 Å². The van der Waals surface area contributed by atoms with Crippen LogP contribution in [0.15, 0.2) is 12.3 Å². The summed E-state index contributed by atoms with van der Waals surface area (Å²) in [7, 11) is 1.63. The number of nitrogens with zero attached hydrogens (tertiary/aromatic N) is 3. The summed E-state index contributed by atoms with van der Waals surface area (Å²) in [6, 6.07) is 2.38. The Bertz CT molecular complexity index is 488. The summed E-state index contributed by atoms with van der Waals surface area (Å²) in [5.41, 5.74) is 0.939. The number of rotatable bonds is 2. The molecule has 2 rings (SSSR count). The monoisotopic (exact) mass is 205 g/mol. The third-order valence-corrected chi connectivity index (χ3v) is 2.40. The fraction of sp³-hybridized carbons (Fsp3) is 0.455. The summed E-state index contributed by atoms with van der Waals surface area (Å²) in [6.45, 7) is 6.13. The van der Waals surface area contributed by atoms with Gasteiger partial charge in [-0.1, -0.05) is 0 Å². The van der Waals surface area contributed by atoms with Crippen molar-refractivity contribution in [1.29, 1.82) is 0 Å². The Kier molecular flexibility index (Phi) is 2.34. The van der Waals surface area contributed by atoms with E-state index in [2.05, 4.69) is 28.4 Å². The highest BCUT2D eigenvalue weighted by atomic mass is 16.5. The number of aromatic nitrogens is 3. The van der Waals surface area contributed by atoms with Gasteiger partial charge in [-0.3, -0.25) is 0 Å². The third kappa shape index (κ3) is 1.56. The van der Waals surface area contributed by atoms with Crippen LogP contribution in [0.3, 0.4) is 0 Å². The van der Waals surface area contributed by atoms with E-state index in [4.69, 9.17) is 4.74 Å². The number of fused-ring (bicyclic) bond motifs is 1. The molecule has 0 radical (unpaired) electrons. The van der Waals surface area contributed by atoms with Crippen molar-refractivity contribution in [3.05, 3.63) is 18.1 Å². The van der Waals surface area contributed by atoms with Crippen LogP contribution < -0.4 is 4.74 Å². The summed E-state index contributed by atoms with van der Waals surface area (Å²) in [5.74, 6) is 1.39. The molecule has 2 heterocycles. The van der Waals surface area contributed by atoms with Crippen LogP contribution in [-0.4, -0.2) is 21.6 Å². The first-order valence-electron chi connectivity index (χ1n) is 5.02. The Morgan fingerprint density at radius 3 is 2.67 bits per heavy atom. The van der Waals surface area contributed by atoms with Crippen LogP contribution in [0.5, 0.6) is 5.88 Å². The van der Waals surface area contributed by atoms with Crippen molar-refractivity contribution in [2.24, 2.45) is 0 Å². The Morgan fingerprint density at radius 2 is 2.07 bits per heavy atom. The lowest BCUT2D eigenvalue weighted by Crippen LogP contribution is -2.02. The predicted molar refractivity (Wildman–Crippen MR) is 59.2 cm³/mol. The van der Waals surface area contributed by atoms with E-state index in [0.29, 0.717) is 11.9 Å². The van der Waals surface area contributed by atoms with E-state index in [1.54, 1.807) is 7.11 Å². The maximum atomic E-state index is 5.24. The number of hydrogen-bond donors (Lipinski definition) is 0. The summed E-state index contributed by atoms with van der Waals surface area (Å²) in [6.07, 6.45) is 2.02. The topological polar surface area (TPSA) is 39.9 Å². The predicted octanol–water partition coefficient (Wildman–Crippen LogP) is 2.33. The summed E-state index contributed by atoms with van der Waals surface area (Å²) in [5, 5.41) is 0.969. The van der Waals surface area contributed by atoms with Crippen molar-refractivity contribution >= 4 is 11.0 Å². The van der Waals surface area contributed by atoms with Gasteiger partial charge in [0.05, 0.1) is 12.5 Å². The molecule has 0 N–H and O–H groups in total. The molecule has 2 aromatic heterocycles. The largest absolute Gasteiger partial charge is 0.480 e. The van der Waals surface area contributed by atoms with Crippen molar-refractivity contribution in [1.82, 2.24) is 14.5 Å². The molecule has 0 aromatic carbocycles. The van der Waals surface area contributed by atoms with Crippen LogP contribution in [0.25, 0.3) is 11.0 Å². The summed E-state index contributed by atoms with van der Waals surface area (Å²) in [4.78, 5) is 8.68. The quantitative estimate of drug-likeness (QED) is 0.755. The van der Waals surface area contributed by atoms with Gasteiger partial charge in [-0.05, 0) is 26.8 Å². The number of hydrogen-bond acceptors (Lipinski definition) is 3. The van der Waals surface area contributed by atoms with Gasteiger partial charge >= 0.3 is 0 Å². The Balaban J connectivity index is 2.75. The second kappa shape index (κ2) is 3.53. The van der Waals surface area contributed by atoms with E-state index in [0.717, 1.165) is 16.9 Å². The zero-order valence-corrected chi connectivity index (χ0v) is 9.48. The molecule has 0 bridgehead atoms. The molecule has 0 amide bonds. The van der Waals surface area contributed by atoms with Crippen LogP contribution in [0.4, 0.5) is 0 Å². The van der Waals surface area contributed by atoms with Gasteiger partial charge in [-0.25, -0.2) is 4.98 Å². The number of aryl methyl sites for hydroxylation is 1. The minimum absolute atomic E-state index is 0.390. The molecule has 4 heteroatoms. The molecule has 15 heavy (non-hydrogen) atoms. The lowest BCUT2D eigenvalue weighted by atomic mass is 10.3. The molecule has 4 nitrogen and oxygen atoms in total. The first-order chi connectivity index (χ1) is 7.13. The second-order valence-electron chi connectivity index (χ2n) is 3.83. The third-order valence-electron chi connectivity index (χ3n) is 2.40. The highest BCUT2D eigenvalue weighted by Crippen LogP contribution is 2.25. The normalized spacial score (nSPS) is 11.3. The standard InChI is InChI=1S/C11H15N3O/c1-7(2)14-6-5-9-10(14)12-8(3)13-11(9)15-4/h5-7H,1-4H3. The first kappa shape index (κ1) is 9.96. The fourth-order valence-electron chi connectivity index (χ4n) is 1.68. The van der Waals surface area contributed by atoms with Crippen molar-refractivity contribution in [3.63, 3.8) is 0 Å². The minimum atomic E-state index is 0.390. The molecule has 2 aromatic rings. The molecule has 80 valence electrons. The van der Waals surface area contributed by atoms with Crippen LogP contribution in [0.1, 0.15) is 25.7 Å². The maximum Gasteiger partial charge on any atom is 0.226 e. The van der Waals surface area contributed by atoms with Gasteiger partial charge in [-0.15, -0.1) is 0 Å². The fourth-order valence-corrected chi connectivity index (χ4v) is 1.68. The average Bonchev–Trinajstić information content (AvgIpc) is 2.59. The molecular formula is C11H15N3O. The van der Waals surface area contributed by atoms with Crippen molar-refractivity contribution in [3.8, 4) is 5.88 Å². The van der Waals surface area contributed by atoms with E-state index in [9.17, 15) is 0 Å². The smallest absolute Gasteiger partial charge is 0.226 e. The zero-order chi connectivity index (χ0) is 11.0. The molecule has 0 aliphatic rings. The van der Waals surface area contributed by atoms with Gasteiger partial charge in [0.25, 0.3) is 0 Å². The van der Waals surface area contributed by atoms with Crippen LogP contribution in [0, 0.1) is 6.92 Å². The SMILES string of the molecule is COc1nc(C)nc2c1ccn2C(C)C. The lowest BCUT2D eigenvalue weighted by Gasteiger charge is -2.09. The van der Waals surface area contributed by atoms with Crippen LogP contribution >= 0.6 is 0 Å². The minimum Gasteiger partial charge on any atom is -0.480 e.